The fraction of sp³-hybridized carbons (Fsp3) is 0.588. The Bertz CT molecular complexity index is 467. The van der Waals surface area contributed by atoms with Gasteiger partial charge in [0.2, 0.25) is 0 Å². The molecule has 118 valence electrons. The topological polar surface area (TPSA) is 52.6 Å². The van der Waals surface area contributed by atoms with Gasteiger partial charge in [0.1, 0.15) is 5.54 Å². The highest BCUT2D eigenvalue weighted by molar-refractivity contribution is 5.78. The molecule has 1 rings (SSSR count). The van der Waals surface area contributed by atoms with Crippen LogP contribution in [0.4, 0.5) is 5.69 Å². The first-order valence-corrected chi connectivity index (χ1v) is 7.56. The molecule has 1 aromatic rings. The predicted octanol–water partition coefficient (Wildman–Crippen LogP) is 2.97. The maximum absolute atomic E-state index is 11.4. The molecule has 0 heterocycles. The number of aryl methyl sites for hydroxylation is 2. The molecule has 0 bridgehead atoms. The lowest BCUT2D eigenvalue weighted by Crippen LogP contribution is -2.49. The minimum atomic E-state index is -0.835. The fourth-order valence-electron chi connectivity index (χ4n) is 2.63. The molecule has 1 atom stereocenters. The Morgan fingerprint density at radius 1 is 1.29 bits per heavy atom. The number of likely N-dealkylation sites (N-methyl/N-ethyl adjacent to an activating group) is 1. The Labute approximate surface area is 128 Å². The lowest BCUT2D eigenvalue weighted by molar-refractivity contribution is -0.144. The molecular weight excluding hydrogens is 264 g/mol. The predicted molar refractivity (Wildman–Crippen MR) is 88.1 cm³/mol. The van der Waals surface area contributed by atoms with E-state index in [2.05, 4.69) is 49.3 Å². The molecule has 0 radical (unpaired) electrons. The van der Waals surface area contributed by atoms with E-state index < -0.39 is 11.5 Å². The van der Waals surface area contributed by atoms with E-state index in [1.54, 1.807) is 6.92 Å². The molecule has 2 N–H and O–H groups in total. The number of hydrogen-bond acceptors (Lipinski definition) is 3. The number of nitrogens with one attached hydrogen (secondary N) is 1. The zero-order valence-electron chi connectivity index (χ0n) is 13.9. The van der Waals surface area contributed by atoms with Crippen molar-refractivity contribution in [3.63, 3.8) is 0 Å². The first-order chi connectivity index (χ1) is 9.78. The molecular formula is C17H28N2O2. The Hall–Kier alpha value is -1.55. The van der Waals surface area contributed by atoms with E-state index in [9.17, 15) is 9.90 Å². The van der Waals surface area contributed by atoms with Crippen LogP contribution in [0, 0.1) is 13.8 Å². The van der Waals surface area contributed by atoms with E-state index in [0.717, 1.165) is 13.0 Å². The SMILES string of the molecule is CCNC(C)(CCCN(C)c1cc(C)cc(C)c1)C(=O)O. The molecule has 4 heteroatoms. The molecule has 1 unspecified atom stereocenters. The minimum absolute atomic E-state index is 0.616. The summed E-state index contributed by atoms with van der Waals surface area (Å²) >= 11 is 0. The third-order valence-corrected chi connectivity index (χ3v) is 3.86. The van der Waals surface area contributed by atoms with Gasteiger partial charge in [-0.25, -0.2) is 0 Å². The minimum Gasteiger partial charge on any atom is -0.480 e. The van der Waals surface area contributed by atoms with Crippen LogP contribution in [-0.4, -0.2) is 36.8 Å². The van der Waals surface area contributed by atoms with Crippen LogP contribution >= 0.6 is 0 Å². The van der Waals surface area contributed by atoms with Crippen molar-refractivity contribution in [1.82, 2.24) is 5.32 Å². The molecule has 0 aliphatic heterocycles. The first kappa shape index (κ1) is 17.5. The Kier molecular flexibility index (Phi) is 6.21. The molecule has 0 spiro atoms. The summed E-state index contributed by atoms with van der Waals surface area (Å²) in [6.07, 6.45) is 1.45. The van der Waals surface area contributed by atoms with Gasteiger partial charge in [0.05, 0.1) is 0 Å². The van der Waals surface area contributed by atoms with E-state index in [-0.39, 0.29) is 0 Å². The van der Waals surface area contributed by atoms with Crippen LogP contribution in [0.5, 0.6) is 0 Å². The largest absolute Gasteiger partial charge is 0.480 e. The second kappa shape index (κ2) is 7.46. The monoisotopic (exact) mass is 292 g/mol. The molecule has 0 aliphatic rings. The molecule has 0 saturated carbocycles. The number of carboxylic acids is 1. The number of anilines is 1. The molecule has 21 heavy (non-hydrogen) atoms. The third-order valence-electron chi connectivity index (χ3n) is 3.86. The summed E-state index contributed by atoms with van der Waals surface area (Å²) in [5, 5.41) is 12.4. The summed E-state index contributed by atoms with van der Waals surface area (Å²) in [6, 6.07) is 6.48. The zero-order valence-corrected chi connectivity index (χ0v) is 13.9. The Morgan fingerprint density at radius 3 is 2.33 bits per heavy atom. The third kappa shape index (κ3) is 5.05. The average Bonchev–Trinajstić information content (AvgIpc) is 2.37. The Balaban J connectivity index is 2.60. The van der Waals surface area contributed by atoms with Crippen molar-refractivity contribution in [3.05, 3.63) is 29.3 Å². The van der Waals surface area contributed by atoms with Gasteiger partial charge in [-0.05, 0) is 63.4 Å². The summed E-state index contributed by atoms with van der Waals surface area (Å²) in [5.41, 5.74) is 2.85. The van der Waals surface area contributed by atoms with E-state index in [1.807, 2.05) is 6.92 Å². The fourth-order valence-corrected chi connectivity index (χ4v) is 2.63. The van der Waals surface area contributed by atoms with Gasteiger partial charge in [-0.3, -0.25) is 4.79 Å². The highest BCUT2D eigenvalue weighted by Gasteiger charge is 2.31. The lowest BCUT2D eigenvalue weighted by atomic mass is 9.95. The molecule has 0 aromatic heterocycles. The molecule has 0 saturated heterocycles. The van der Waals surface area contributed by atoms with Gasteiger partial charge in [0.25, 0.3) is 0 Å². The maximum Gasteiger partial charge on any atom is 0.323 e. The highest BCUT2D eigenvalue weighted by Crippen LogP contribution is 2.19. The van der Waals surface area contributed by atoms with Crippen LogP contribution in [0.15, 0.2) is 18.2 Å². The van der Waals surface area contributed by atoms with Crippen LogP contribution in [0.25, 0.3) is 0 Å². The van der Waals surface area contributed by atoms with Gasteiger partial charge >= 0.3 is 5.97 Å². The number of nitrogens with zero attached hydrogens (tertiary/aromatic N) is 1. The van der Waals surface area contributed by atoms with E-state index in [4.69, 9.17) is 0 Å². The van der Waals surface area contributed by atoms with E-state index >= 15 is 0 Å². The molecule has 0 amide bonds. The van der Waals surface area contributed by atoms with Crippen molar-refractivity contribution in [2.75, 3.05) is 25.0 Å². The van der Waals surface area contributed by atoms with Crippen LogP contribution < -0.4 is 10.2 Å². The summed E-state index contributed by atoms with van der Waals surface area (Å²) in [5.74, 6) is -0.779. The van der Waals surface area contributed by atoms with Crippen LogP contribution in [0.3, 0.4) is 0 Å². The highest BCUT2D eigenvalue weighted by atomic mass is 16.4. The van der Waals surface area contributed by atoms with Crippen molar-refractivity contribution in [2.24, 2.45) is 0 Å². The zero-order chi connectivity index (χ0) is 16.0. The van der Waals surface area contributed by atoms with Crippen molar-refractivity contribution >= 4 is 11.7 Å². The second-order valence-corrected chi connectivity index (χ2v) is 6.04. The summed E-state index contributed by atoms with van der Waals surface area (Å²) in [7, 11) is 2.06. The number of benzene rings is 1. The number of carbonyl (C=O) groups is 1. The molecule has 4 nitrogen and oxygen atoms in total. The summed E-state index contributed by atoms with van der Waals surface area (Å²) < 4.78 is 0. The summed E-state index contributed by atoms with van der Waals surface area (Å²) in [4.78, 5) is 13.6. The van der Waals surface area contributed by atoms with Gasteiger partial charge in [-0.15, -0.1) is 0 Å². The Morgan fingerprint density at radius 2 is 1.86 bits per heavy atom. The van der Waals surface area contributed by atoms with E-state index in [0.29, 0.717) is 13.0 Å². The van der Waals surface area contributed by atoms with Gasteiger partial charge in [0.15, 0.2) is 0 Å². The van der Waals surface area contributed by atoms with Gasteiger partial charge in [0, 0.05) is 19.3 Å². The van der Waals surface area contributed by atoms with Crippen molar-refractivity contribution in [1.29, 1.82) is 0 Å². The van der Waals surface area contributed by atoms with Gasteiger partial charge in [-0.2, -0.15) is 0 Å². The smallest absolute Gasteiger partial charge is 0.323 e. The van der Waals surface area contributed by atoms with Crippen LogP contribution in [0.1, 0.15) is 37.8 Å². The summed E-state index contributed by atoms with van der Waals surface area (Å²) in [6.45, 7) is 9.39. The molecule has 1 aromatic carbocycles. The maximum atomic E-state index is 11.4. The van der Waals surface area contributed by atoms with Gasteiger partial charge in [-0.1, -0.05) is 13.0 Å². The van der Waals surface area contributed by atoms with Crippen LogP contribution in [0.2, 0.25) is 0 Å². The van der Waals surface area contributed by atoms with Gasteiger partial charge < -0.3 is 15.3 Å². The number of carboxylic acid groups (broad SMARTS) is 1. The van der Waals surface area contributed by atoms with E-state index in [1.165, 1.54) is 16.8 Å². The molecule has 0 aliphatic carbocycles. The number of rotatable bonds is 8. The number of aliphatic carboxylic acids is 1. The molecule has 0 fully saturated rings. The second-order valence-electron chi connectivity index (χ2n) is 6.04. The standard InChI is InChI=1S/C17H28N2O2/c1-6-18-17(4,16(20)21)8-7-9-19(5)15-11-13(2)10-14(3)12-15/h10-12,18H,6-9H2,1-5H3,(H,20,21). The number of hydrogen-bond donors (Lipinski definition) is 2. The average molecular weight is 292 g/mol. The normalized spacial score (nSPS) is 13.8. The van der Waals surface area contributed by atoms with Crippen molar-refractivity contribution in [3.8, 4) is 0 Å². The van der Waals surface area contributed by atoms with Crippen LogP contribution in [-0.2, 0) is 4.79 Å². The van der Waals surface area contributed by atoms with Crippen molar-refractivity contribution in [2.45, 2.75) is 46.1 Å². The lowest BCUT2D eigenvalue weighted by Gasteiger charge is -2.27. The first-order valence-electron chi connectivity index (χ1n) is 7.56. The quantitative estimate of drug-likeness (QED) is 0.773. The van der Waals surface area contributed by atoms with Crippen molar-refractivity contribution < 1.29 is 9.90 Å².